The van der Waals surface area contributed by atoms with Gasteiger partial charge in [-0.3, -0.25) is 0 Å². The molecule has 5 rings (SSSR count). The van der Waals surface area contributed by atoms with Crippen molar-refractivity contribution in [1.29, 1.82) is 0 Å². The highest BCUT2D eigenvalue weighted by molar-refractivity contribution is 7.10. The topological polar surface area (TPSA) is 43.8 Å². The van der Waals surface area contributed by atoms with Crippen LogP contribution in [0.15, 0.2) is 78.2 Å². The Morgan fingerprint density at radius 3 is 2.44 bits per heavy atom. The molecule has 1 fully saturated rings. The Bertz CT molecular complexity index is 1000. The lowest BCUT2D eigenvalue weighted by Gasteiger charge is -2.35. The number of aliphatic carboxylic acids is 1. The smallest absolute Gasteiger partial charge is 0.328 e. The summed E-state index contributed by atoms with van der Waals surface area (Å²) in [6, 6.07) is 21.2. The van der Waals surface area contributed by atoms with E-state index in [9.17, 15) is 9.90 Å². The Labute approximate surface area is 161 Å². The van der Waals surface area contributed by atoms with Crippen LogP contribution in [0, 0.1) is 0 Å². The van der Waals surface area contributed by atoms with Gasteiger partial charge in [-0.15, -0.1) is 11.3 Å². The molecule has 3 unspecified atom stereocenters. The Morgan fingerprint density at radius 1 is 0.926 bits per heavy atom. The van der Waals surface area contributed by atoms with Crippen molar-refractivity contribution >= 4 is 34.8 Å². The normalized spacial score (nSPS) is 23.2. The van der Waals surface area contributed by atoms with E-state index in [0.29, 0.717) is 0 Å². The lowest BCUT2D eigenvalue weighted by molar-refractivity contribution is -0.138. The fourth-order valence-electron chi connectivity index (χ4n) is 4.22. The first-order valence-corrected chi connectivity index (χ1v) is 9.79. The highest BCUT2D eigenvalue weighted by Crippen LogP contribution is 2.47. The molecule has 2 aliphatic heterocycles. The molecule has 0 bridgehead atoms. The van der Waals surface area contributed by atoms with E-state index in [2.05, 4.69) is 34.1 Å². The summed E-state index contributed by atoms with van der Waals surface area (Å²) in [5.41, 5.74) is 3.05. The maximum absolute atomic E-state index is 12.5. The summed E-state index contributed by atoms with van der Waals surface area (Å²) in [6.07, 6.45) is 4.07. The van der Waals surface area contributed by atoms with E-state index < -0.39 is 12.0 Å². The summed E-state index contributed by atoms with van der Waals surface area (Å²) in [7, 11) is 0. The van der Waals surface area contributed by atoms with Gasteiger partial charge in [0.1, 0.15) is 6.17 Å². The van der Waals surface area contributed by atoms with E-state index in [4.69, 9.17) is 0 Å². The first kappa shape index (κ1) is 16.1. The van der Waals surface area contributed by atoms with Crippen LogP contribution in [0.5, 0.6) is 0 Å². The summed E-state index contributed by atoms with van der Waals surface area (Å²) in [5, 5.41) is 12.2. The number of hydrogen-bond donors (Lipinski definition) is 1. The predicted molar refractivity (Wildman–Crippen MR) is 109 cm³/mol. The van der Waals surface area contributed by atoms with Gasteiger partial charge < -0.3 is 14.9 Å². The number of rotatable bonds is 3. The Hall–Kier alpha value is -3.05. The molecular formula is C22H18N2O2S. The van der Waals surface area contributed by atoms with Gasteiger partial charge in [0.15, 0.2) is 6.04 Å². The van der Waals surface area contributed by atoms with Gasteiger partial charge >= 0.3 is 5.97 Å². The van der Waals surface area contributed by atoms with Gasteiger partial charge in [0, 0.05) is 16.3 Å². The van der Waals surface area contributed by atoms with E-state index in [-0.39, 0.29) is 12.2 Å². The first-order chi connectivity index (χ1) is 13.3. The fraction of sp³-hybridized carbons (Fsp3) is 0.136. The average Bonchev–Trinajstić information content (AvgIpc) is 3.34. The van der Waals surface area contributed by atoms with Crippen molar-refractivity contribution in [3.63, 3.8) is 0 Å². The second-order valence-electron chi connectivity index (χ2n) is 6.72. The summed E-state index contributed by atoms with van der Waals surface area (Å²) in [6.45, 7) is 0. The number of carbonyl (C=O) groups is 1. The summed E-state index contributed by atoms with van der Waals surface area (Å²) >= 11 is 1.61. The largest absolute Gasteiger partial charge is 0.480 e. The van der Waals surface area contributed by atoms with Crippen LogP contribution >= 0.6 is 11.3 Å². The number of nitrogens with zero attached hydrogens (tertiary/aromatic N) is 2. The van der Waals surface area contributed by atoms with Gasteiger partial charge in [-0.25, -0.2) is 4.79 Å². The number of benzene rings is 2. The van der Waals surface area contributed by atoms with Crippen molar-refractivity contribution in [2.24, 2.45) is 0 Å². The van der Waals surface area contributed by atoms with E-state index in [0.717, 1.165) is 21.8 Å². The standard InChI is InChI=1S/C22H18N2O2S/c25-22(26)21-20(18-11-6-14-27-18)23(16-8-2-1-3-9-16)19-13-12-15-7-4-5-10-17(15)24(19)21/h1-14,19-21H,(H,25,26). The van der Waals surface area contributed by atoms with Crippen LogP contribution in [0.4, 0.5) is 11.4 Å². The lowest BCUT2D eigenvalue weighted by atomic mass is 10.0. The van der Waals surface area contributed by atoms with Crippen molar-refractivity contribution in [2.75, 3.05) is 9.80 Å². The highest BCUT2D eigenvalue weighted by atomic mass is 32.1. The van der Waals surface area contributed by atoms with Crippen molar-refractivity contribution in [2.45, 2.75) is 18.2 Å². The molecule has 1 N–H and O–H groups in total. The second-order valence-corrected chi connectivity index (χ2v) is 7.70. The SMILES string of the molecule is O=C(O)C1C(c2cccs2)N(c2ccccc2)C2C=Cc3ccccc3N12. The lowest BCUT2D eigenvalue weighted by Crippen LogP contribution is -2.44. The zero-order chi connectivity index (χ0) is 18.4. The number of hydrogen-bond acceptors (Lipinski definition) is 4. The molecule has 4 nitrogen and oxygen atoms in total. The molecule has 134 valence electrons. The van der Waals surface area contributed by atoms with Gasteiger partial charge in [-0.1, -0.05) is 48.5 Å². The Balaban J connectivity index is 1.74. The van der Waals surface area contributed by atoms with Crippen molar-refractivity contribution in [1.82, 2.24) is 0 Å². The fourth-order valence-corrected chi connectivity index (χ4v) is 5.07. The molecule has 3 heterocycles. The van der Waals surface area contributed by atoms with Gasteiger partial charge in [0.2, 0.25) is 0 Å². The third-order valence-electron chi connectivity index (χ3n) is 5.27. The van der Waals surface area contributed by atoms with Crippen LogP contribution in [0.3, 0.4) is 0 Å². The molecule has 5 heteroatoms. The number of fused-ring (bicyclic) bond motifs is 3. The third kappa shape index (κ3) is 2.46. The van der Waals surface area contributed by atoms with Gasteiger partial charge in [0.05, 0.1) is 6.04 Å². The Kier molecular flexibility index (Phi) is 3.76. The molecule has 0 spiro atoms. The van der Waals surface area contributed by atoms with Crippen molar-refractivity contribution in [3.05, 3.63) is 88.6 Å². The van der Waals surface area contributed by atoms with Crippen LogP contribution < -0.4 is 9.80 Å². The maximum Gasteiger partial charge on any atom is 0.328 e. The van der Waals surface area contributed by atoms with E-state index >= 15 is 0 Å². The summed E-state index contributed by atoms with van der Waals surface area (Å²) in [4.78, 5) is 17.8. The maximum atomic E-state index is 12.5. The molecule has 0 aliphatic carbocycles. The number of para-hydroxylation sites is 2. The van der Waals surface area contributed by atoms with Crippen LogP contribution in [0.25, 0.3) is 6.08 Å². The Morgan fingerprint density at radius 2 is 1.70 bits per heavy atom. The van der Waals surface area contributed by atoms with Crippen LogP contribution in [-0.4, -0.2) is 23.3 Å². The van der Waals surface area contributed by atoms with Gasteiger partial charge in [-0.2, -0.15) is 0 Å². The number of carboxylic acids is 1. The molecule has 2 aromatic carbocycles. The quantitative estimate of drug-likeness (QED) is 0.726. The van der Waals surface area contributed by atoms with Crippen molar-refractivity contribution in [3.8, 4) is 0 Å². The van der Waals surface area contributed by atoms with Crippen LogP contribution in [0.1, 0.15) is 16.5 Å². The molecule has 0 amide bonds. The molecular weight excluding hydrogens is 356 g/mol. The molecule has 3 atom stereocenters. The second kappa shape index (κ2) is 6.28. The zero-order valence-electron chi connectivity index (χ0n) is 14.5. The molecule has 27 heavy (non-hydrogen) atoms. The van der Waals surface area contributed by atoms with Crippen LogP contribution in [-0.2, 0) is 4.79 Å². The van der Waals surface area contributed by atoms with E-state index in [1.54, 1.807) is 11.3 Å². The summed E-state index contributed by atoms with van der Waals surface area (Å²) in [5.74, 6) is -0.804. The molecule has 1 saturated heterocycles. The number of carboxylic acid groups (broad SMARTS) is 1. The number of thiophene rings is 1. The minimum absolute atomic E-state index is 0.143. The monoisotopic (exact) mass is 374 g/mol. The van der Waals surface area contributed by atoms with Gasteiger partial charge in [-0.05, 0) is 41.3 Å². The van der Waals surface area contributed by atoms with Gasteiger partial charge in [0.25, 0.3) is 0 Å². The minimum Gasteiger partial charge on any atom is -0.480 e. The summed E-state index contributed by atoms with van der Waals surface area (Å²) < 4.78 is 0. The third-order valence-corrected chi connectivity index (χ3v) is 6.22. The molecule has 1 aromatic heterocycles. The van der Waals surface area contributed by atoms with E-state index in [1.165, 1.54) is 0 Å². The first-order valence-electron chi connectivity index (χ1n) is 8.91. The highest BCUT2D eigenvalue weighted by Gasteiger charge is 2.52. The minimum atomic E-state index is -0.804. The molecule has 0 saturated carbocycles. The molecule has 2 aliphatic rings. The zero-order valence-corrected chi connectivity index (χ0v) is 15.3. The molecule has 0 radical (unpaired) electrons. The van der Waals surface area contributed by atoms with E-state index in [1.807, 2.05) is 60.0 Å². The number of anilines is 2. The van der Waals surface area contributed by atoms with Crippen molar-refractivity contribution < 1.29 is 9.90 Å². The van der Waals surface area contributed by atoms with Crippen LogP contribution in [0.2, 0.25) is 0 Å². The average molecular weight is 374 g/mol. The predicted octanol–water partition coefficient (Wildman–Crippen LogP) is 4.62. The molecule has 3 aromatic rings.